The molecule has 0 radical (unpaired) electrons. The van der Waals surface area contributed by atoms with Crippen molar-refractivity contribution in [1.82, 2.24) is 47.5 Å². The molecule has 1 aromatic heterocycles. The molecule has 0 bridgehead atoms. The van der Waals surface area contributed by atoms with Crippen molar-refractivity contribution in [2.45, 2.75) is 94.8 Å². The highest BCUT2D eigenvalue weighted by Gasteiger charge is 2.34. The minimum Gasteiger partial charge on any atom is -0.481 e. The second kappa shape index (κ2) is 26.5. The second-order valence-corrected chi connectivity index (χ2v) is 15.2. The number of carboxylic acids is 2. The Morgan fingerprint density at radius 1 is 0.636 bits per heavy atom. The SMILES string of the molecule is CC(C)[C@H](NC(=O)[C@H](C)NC(=O)CNC(=O)[C@H](CO)NC(=O)[C@H](CO)NC(=O)[C@H](CC(=O)O)NC(=O)[C@H](Cc1c[nH]c2ccccc12)NC(=O)[C@H](CO)NC(=O)[C@@H](N)CCC(N)=O)C(=O)O. The molecule has 8 atom stereocenters. The number of hydrogen-bond acceptors (Lipinski definition) is 15. The molecular formula is C39H57N11O16. The monoisotopic (exact) mass is 935 g/mol. The molecule has 0 aliphatic rings. The molecule has 364 valence electrons. The molecule has 0 fully saturated rings. The van der Waals surface area contributed by atoms with Crippen molar-refractivity contribution in [1.29, 1.82) is 0 Å². The lowest BCUT2D eigenvalue weighted by molar-refractivity contribution is -0.143. The van der Waals surface area contributed by atoms with E-state index in [-0.39, 0.29) is 19.3 Å². The second-order valence-electron chi connectivity index (χ2n) is 15.2. The van der Waals surface area contributed by atoms with Crippen LogP contribution in [0.2, 0.25) is 0 Å². The largest absolute Gasteiger partial charge is 0.481 e. The predicted octanol–water partition coefficient (Wildman–Crippen LogP) is -6.97. The lowest BCUT2D eigenvalue weighted by Gasteiger charge is -2.26. The predicted molar refractivity (Wildman–Crippen MR) is 227 cm³/mol. The number of carbonyl (C=O) groups excluding carboxylic acids is 9. The van der Waals surface area contributed by atoms with Gasteiger partial charge in [0.2, 0.25) is 53.2 Å². The number of nitrogens with one attached hydrogen (secondary N) is 9. The summed E-state index contributed by atoms with van der Waals surface area (Å²) in [6.45, 7) is 0.298. The van der Waals surface area contributed by atoms with Crippen LogP contribution >= 0.6 is 0 Å². The van der Waals surface area contributed by atoms with Crippen LogP contribution in [-0.4, -0.2) is 170 Å². The summed E-state index contributed by atoms with van der Waals surface area (Å²) >= 11 is 0. The standard InChI is InChI=1S/C39H57N11O16/c1-17(2)31(39(65)66)50-32(58)18(3)44-29(55)13-43-34(60)25(14-51)48-38(64)27(16-53)49-36(62)24(11-30(56)57)46-35(61)23(10-19-12-42-22-7-5-4-6-20(19)22)45-37(63)26(15-52)47-33(59)21(40)8-9-28(41)54/h4-7,12,17-18,21,23-27,31,42,51-53H,8-11,13-16,40H2,1-3H3,(H2,41,54)(H,43,60)(H,44,55)(H,45,63)(H,46,61)(H,47,59)(H,48,64)(H,49,62)(H,50,58)(H,56,57)(H,65,66)/t18-,21-,23-,24-,25-,26-,27-,31-/m0/s1. The van der Waals surface area contributed by atoms with E-state index in [0.717, 1.165) is 0 Å². The third-order valence-electron chi connectivity index (χ3n) is 9.65. The number of hydrogen-bond donors (Lipinski definition) is 16. The number of aliphatic hydroxyl groups is 3. The van der Waals surface area contributed by atoms with E-state index >= 15 is 0 Å². The van der Waals surface area contributed by atoms with Crippen LogP contribution in [0.3, 0.4) is 0 Å². The fraction of sp³-hybridized carbons (Fsp3) is 0.513. The molecule has 0 spiro atoms. The molecule has 0 saturated heterocycles. The van der Waals surface area contributed by atoms with Crippen LogP contribution in [0.5, 0.6) is 0 Å². The Labute approximate surface area is 375 Å². The van der Waals surface area contributed by atoms with Crippen molar-refractivity contribution in [2.24, 2.45) is 17.4 Å². The van der Waals surface area contributed by atoms with Gasteiger partial charge >= 0.3 is 11.9 Å². The van der Waals surface area contributed by atoms with Gasteiger partial charge in [0.05, 0.1) is 38.8 Å². The quantitative estimate of drug-likeness (QED) is 0.0377. The Morgan fingerprint density at radius 3 is 1.67 bits per heavy atom. The fourth-order valence-electron chi connectivity index (χ4n) is 5.93. The average molecular weight is 936 g/mol. The molecule has 9 amide bonds. The van der Waals surface area contributed by atoms with Gasteiger partial charge in [0, 0.05) is 29.9 Å². The number of amides is 9. The molecule has 0 unspecified atom stereocenters. The van der Waals surface area contributed by atoms with Gasteiger partial charge in [-0.1, -0.05) is 32.0 Å². The lowest BCUT2D eigenvalue weighted by Crippen LogP contribution is -2.61. The van der Waals surface area contributed by atoms with Gasteiger partial charge in [0.25, 0.3) is 0 Å². The Hall–Kier alpha value is -7.23. The van der Waals surface area contributed by atoms with Gasteiger partial charge < -0.3 is 84.5 Å². The van der Waals surface area contributed by atoms with E-state index in [9.17, 15) is 78.3 Å². The molecule has 2 aromatic rings. The van der Waals surface area contributed by atoms with Crippen LogP contribution in [0, 0.1) is 5.92 Å². The van der Waals surface area contributed by atoms with E-state index in [1.807, 2.05) is 10.6 Å². The number of carboxylic acid groups (broad SMARTS) is 2. The van der Waals surface area contributed by atoms with Crippen molar-refractivity contribution in [3.05, 3.63) is 36.0 Å². The fourth-order valence-corrected chi connectivity index (χ4v) is 5.93. The first-order valence-electron chi connectivity index (χ1n) is 20.3. The van der Waals surface area contributed by atoms with Gasteiger partial charge in [-0.15, -0.1) is 0 Å². The van der Waals surface area contributed by atoms with Gasteiger partial charge in [-0.3, -0.25) is 47.9 Å². The average Bonchev–Trinajstić information content (AvgIpc) is 3.67. The number of nitrogens with two attached hydrogens (primary N) is 2. The normalized spacial score (nSPS) is 14.7. The van der Waals surface area contributed by atoms with Gasteiger partial charge in [-0.2, -0.15) is 0 Å². The van der Waals surface area contributed by atoms with Gasteiger partial charge in [-0.25, -0.2) is 4.79 Å². The summed E-state index contributed by atoms with van der Waals surface area (Å²) < 4.78 is 0. The molecule has 66 heavy (non-hydrogen) atoms. The molecule has 1 aromatic carbocycles. The summed E-state index contributed by atoms with van der Waals surface area (Å²) in [5.41, 5.74) is 11.9. The summed E-state index contributed by atoms with van der Waals surface area (Å²) in [5, 5.41) is 66.7. The molecule has 27 heteroatoms. The highest BCUT2D eigenvalue weighted by molar-refractivity contribution is 5.99. The van der Waals surface area contributed by atoms with Crippen LogP contribution in [-0.2, 0) is 59.2 Å². The molecule has 27 nitrogen and oxygen atoms in total. The first kappa shape index (κ1) is 54.9. The number of aliphatic hydroxyl groups excluding tert-OH is 3. The number of aromatic amines is 1. The zero-order valence-corrected chi connectivity index (χ0v) is 36.1. The number of H-pyrrole nitrogens is 1. The summed E-state index contributed by atoms with van der Waals surface area (Å²) in [6.07, 6.45) is -0.389. The highest BCUT2D eigenvalue weighted by atomic mass is 16.4. The van der Waals surface area contributed by atoms with Crippen molar-refractivity contribution in [3.8, 4) is 0 Å². The van der Waals surface area contributed by atoms with Crippen LogP contribution in [0.4, 0.5) is 0 Å². The molecule has 0 aliphatic carbocycles. The lowest BCUT2D eigenvalue weighted by atomic mass is 10.0. The van der Waals surface area contributed by atoms with Crippen LogP contribution in [0.15, 0.2) is 30.5 Å². The number of rotatable bonds is 28. The Kier molecular flexibility index (Phi) is 22.1. The Bertz CT molecular complexity index is 2100. The highest BCUT2D eigenvalue weighted by Crippen LogP contribution is 2.19. The minimum absolute atomic E-state index is 0.196. The zero-order chi connectivity index (χ0) is 49.8. The topological polar surface area (TPSA) is 453 Å². The zero-order valence-electron chi connectivity index (χ0n) is 36.1. The maximum atomic E-state index is 13.9. The number of fused-ring (bicyclic) bond motifs is 1. The molecular weight excluding hydrogens is 878 g/mol. The number of para-hydroxylation sites is 1. The maximum Gasteiger partial charge on any atom is 0.326 e. The molecule has 1 heterocycles. The summed E-state index contributed by atoms with van der Waals surface area (Å²) in [5.74, 6) is -13.0. The van der Waals surface area contributed by atoms with Crippen molar-refractivity contribution < 1.29 is 78.3 Å². The Balaban J connectivity index is 2.20. The number of aliphatic carboxylic acids is 2. The summed E-state index contributed by atoms with van der Waals surface area (Å²) in [7, 11) is 0. The van der Waals surface area contributed by atoms with E-state index in [0.29, 0.717) is 16.5 Å². The van der Waals surface area contributed by atoms with Crippen LogP contribution in [0.25, 0.3) is 10.9 Å². The smallest absolute Gasteiger partial charge is 0.326 e. The van der Waals surface area contributed by atoms with Crippen LogP contribution in [0.1, 0.15) is 45.6 Å². The number of benzene rings is 1. The van der Waals surface area contributed by atoms with E-state index in [1.165, 1.54) is 13.1 Å². The van der Waals surface area contributed by atoms with Crippen molar-refractivity contribution in [3.63, 3.8) is 0 Å². The number of aromatic nitrogens is 1. The molecule has 0 aliphatic heterocycles. The van der Waals surface area contributed by atoms with Gasteiger partial charge in [0.15, 0.2) is 0 Å². The van der Waals surface area contributed by atoms with Gasteiger partial charge in [-0.05, 0) is 30.9 Å². The molecule has 0 saturated carbocycles. The van der Waals surface area contributed by atoms with E-state index in [2.05, 4.69) is 36.9 Å². The molecule has 18 N–H and O–H groups in total. The summed E-state index contributed by atoms with van der Waals surface area (Å²) in [6, 6.07) is -6.13. The number of carbonyl (C=O) groups is 11. The number of primary amides is 1. The van der Waals surface area contributed by atoms with Crippen molar-refractivity contribution >= 4 is 76.0 Å². The van der Waals surface area contributed by atoms with Crippen LogP contribution < -0.4 is 54.0 Å². The van der Waals surface area contributed by atoms with E-state index in [4.69, 9.17) is 11.5 Å². The molecule has 2 rings (SSSR count). The third kappa shape index (κ3) is 17.4. The third-order valence-corrected chi connectivity index (χ3v) is 9.65. The van der Waals surface area contributed by atoms with E-state index < -0.39 is 152 Å². The Morgan fingerprint density at radius 2 is 1.14 bits per heavy atom. The van der Waals surface area contributed by atoms with Gasteiger partial charge in [0.1, 0.15) is 42.3 Å². The van der Waals surface area contributed by atoms with Crippen molar-refractivity contribution in [2.75, 3.05) is 26.4 Å². The minimum atomic E-state index is -2.00. The van der Waals surface area contributed by atoms with E-state index in [1.54, 1.807) is 38.1 Å². The maximum absolute atomic E-state index is 13.9. The first-order valence-corrected chi connectivity index (χ1v) is 20.3. The summed E-state index contributed by atoms with van der Waals surface area (Å²) in [4.78, 5) is 141. The first-order chi connectivity index (χ1) is 31.0.